The molecule has 1 aromatic carbocycles. The van der Waals surface area contributed by atoms with Crippen LogP contribution in [0.5, 0.6) is 0 Å². The second kappa shape index (κ2) is 17.0. The minimum Gasteiger partial charge on any atom is -0.480 e. The molecule has 0 aliphatic heterocycles. The number of rotatable bonds is 16. The first-order valence-corrected chi connectivity index (χ1v) is 15.9. The van der Waals surface area contributed by atoms with Crippen molar-refractivity contribution in [2.45, 2.75) is 84.4 Å². The van der Waals surface area contributed by atoms with Crippen LogP contribution in [0.15, 0.2) is 42.7 Å². The lowest BCUT2D eigenvalue weighted by Gasteiger charge is -2.23. The summed E-state index contributed by atoms with van der Waals surface area (Å²) >= 11 is 0.450. The van der Waals surface area contributed by atoms with Gasteiger partial charge in [0.1, 0.15) is 11.7 Å². The first-order valence-electron chi connectivity index (χ1n) is 15.1. The molecule has 9 nitrogen and oxygen atoms in total. The summed E-state index contributed by atoms with van der Waals surface area (Å²) in [6, 6.07) is 5.33. The SMILES string of the molecule is CCCCCCCCc1ccc(N(C(=O)OCCC(C)C(NC(C)=O)C(=O)O)c2nc(-c3cccnc3)c(F)s2)cc1C(F)(F)F. The average Bonchev–Trinajstić information content (AvgIpc) is 3.38. The molecule has 2 heterocycles. The minimum atomic E-state index is -4.73. The van der Waals surface area contributed by atoms with Gasteiger partial charge in [0.2, 0.25) is 16.2 Å². The summed E-state index contributed by atoms with van der Waals surface area (Å²) in [5.41, 5.74) is -0.922. The number of ether oxygens (including phenoxy) is 1. The van der Waals surface area contributed by atoms with Crippen molar-refractivity contribution in [3.05, 3.63) is 59.0 Å². The highest BCUT2D eigenvalue weighted by molar-refractivity contribution is 7.14. The van der Waals surface area contributed by atoms with Gasteiger partial charge in [-0.1, -0.05) is 63.4 Å². The van der Waals surface area contributed by atoms with Gasteiger partial charge in [-0.2, -0.15) is 17.6 Å². The van der Waals surface area contributed by atoms with E-state index in [2.05, 4.69) is 22.2 Å². The molecular formula is C32H38F4N4O5S. The number of anilines is 2. The number of nitrogens with one attached hydrogen (secondary N) is 1. The predicted octanol–water partition coefficient (Wildman–Crippen LogP) is 8.16. The quantitative estimate of drug-likeness (QED) is 0.117. The largest absolute Gasteiger partial charge is 0.480 e. The van der Waals surface area contributed by atoms with Gasteiger partial charge in [-0.05, 0) is 55.0 Å². The normalized spacial score (nSPS) is 12.8. The van der Waals surface area contributed by atoms with Crippen molar-refractivity contribution in [2.24, 2.45) is 5.92 Å². The summed E-state index contributed by atoms with van der Waals surface area (Å²) in [4.78, 5) is 45.4. The van der Waals surface area contributed by atoms with E-state index in [1.54, 1.807) is 12.1 Å². The molecule has 0 aliphatic rings. The summed E-state index contributed by atoms with van der Waals surface area (Å²) in [6.45, 7) is 4.45. The van der Waals surface area contributed by atoms with Gasteiger partial charge in [0, 0.05) is 24.9 Å². The number of carboxylic acid groups (broad SMARTS) is 1. The van der Waals surface area contributed by atoms with E-state index in [1.165, 1.54) is 38.4 Å². The van der Waals surface area contributed by atoms with E-state index < -0.39 is 46.8 Å². The van der Waals surface area contributed by atoms with Crippen LogP contribution in [0.2, 0.25) is 0 Å². The van der Waals surface area contributed by atoms with Crippen LogP contribution in [0.3, 0.4) is 0 Å². The third-order valence-corrected chi connectivity index (χ3v) is 8.16. The third-order valence-electron chi connectivity index (χ3n) is 7.33. The Labute approximate surface area is 269 Å². The lowest BCUT2D eigenvalue weighted by atomic mass is 9.98. The van der Waals surface area contributed by atoms with Crippen molar-refractivity contribution in [2.75, 3.05) is 11.5 Å². The van der Waals surface area contributed by atoms with Crippen LogP contribution in [0.1, 0.15) is 76.8 Å². The molecule has 2 atom stereocenters. The van der Waals surface area contributed by atoms with Gasteiger partial charge in [-0.15, -0.1) is 0 Å². The molecule has 2 unspecified atom stereocenters. The molecule has 2 N–H and O–H groups in total. The molecule has 0 aliphatic carbocycles. The zero-order chi connectivity index (χ0) is 33.9. The molecule has 0 bridgehead atoms. The Bertz CT molecular complexity index is 1470. The van der Waals surface area contributed by atoms with Gasteiger partial charge < -0.3 is 15.2 Å². The van der Waals surface area contributed by atoms with E-state index >= 15 is 4.39 Å². The Balaban J connectivity index is 1.93. The van der Waals surface area contributed by atoms with Crippen LogP contribution in [-0.4, -0.2) is 45.7 Å². The number of benzene rings is 1. The summed E-state index contributed by atoms with van der Waals surface area (Å²) in [5, 5.41) is 10.7. The first-order chi connectivity index (χ1) is 21.8. The second-order valence-electron chi connectivity index (χ2n) is 10.9. The number of halogens is 4. The van der Waals surface area contributed by atoms with Gasteiger partial charge in [0.25, 0.3) is 0 Å². The van der Waals surface area contributed by atoms with E-state index in [-0.39, 0.29) is 41.5 Å². The number of hydrogen-bond acceptors (Lipinski definition) is 7. The van der Waals surface area contributed by atoms with Crippen molar-refractivity contribution < 1.29 is 41.8 Å². The van der Waals surface area contributed by atoms with Crippen LogP contribution >= 0.6 is 11.3 Å². The van der Waals surface area contributed by atoms with E-state index in [9.17, 15) is 32.7 Å². The number of thiazole rings is 1. The van der Waals surface area contributed by atoms with Gasteiger partial charge in [0.05, 0.1) is 17.9 Å². The van der Waals surface area contributed by atoms with E-state index in [0.29, 0.717) is 23.3 Å². The van der Waals surface area contributed by atoms with Crippen molar-refractivity contribution in [3.8, 4) is 11.3 Å². The van der Waals surface area contributed by atoms with Crippen molar-refractivity contribution in [3.63, 3.8) is 0 Å². The molecule has 2 amide bonds. The summed E-state index contributed by atoms with van der Waals surface area (Å²) in [6.07, 6.45) is 2.59. The number of aromatic nitrogens is 2. The predicted molar refractivity (Wildman–Crippen MR) is 166 cm³/mol. The number of aryl methyl sites for hydroxylation is 1. The Morgan fingerprint density at radius 1 is 1.11 bits per heavy atom. The van der Waals surface area contributed by atoms with Crippen LogP contribution in [0.4, 0.5) is 33.2 Å². The highest BCUT2D eigenvalue weighted by Crippen LogP contribution is 2.40. The Morgan fingerprint density at radius 2 is 1.83 bits per heavy atom. The molecule has 0 fully saturated rings. The molecule has 0 spiro atoms. The smallest absolute Gasteiger partial charge is 0.420 e. The summed E-state index contributed by atoms with van der Waals surface area (Å²) < 4.78 is 63.4. The van der Waals surface area contributed by atoms with Crippen LogP contribution in [0.25, 0.3) is 11.3 Å². The van der Waals surface area contributed by atoms with Crippen molar-refractivity contribution in [1.82, 2.24) is 15.3 Å². The molecule has 0 saturated carbocycles. The molecule has 46 heavy (non-hydrogen) atoms. The van der Waals surface area contributed by atoms with E-state index in [1.807, 2.05) is 0 Å². The number of unbranched alkanes of at least 4 members (excludes halogenated alkanes) is 5. The second-order valence-corrected chi connectivity index (χ2v) is 11.9. The number of carbonyl (C=O) groups is 3. The van der Waals surface area contributed by atoms with Crippen LogP contribution in [0, 0.1) is 11.0 Å². The number of amides is 2. The minimum absolute atomic E-state index is 0.00497. The maximum Gasteiger partial charge on any atom is 0.420 e. The average molecular weight is 667 g/mol. The molecule has 3 aromatic rings. The molecule has 0 radical (unpaired) electrons. The fourth-order valence-corrected chi connectivity index (χ4v) is 5.70. The highest BCUT2D eigenvalue weighted by atomic mass is 32.1. The van der Waals surface area contributed by atoms with Crippen molar-refractivity contribution in [1.29, 1.82) is 0 Å². The third kappa shape index (κ3) is 10.2. The number of pyridine rings is 1. The fourth-order valence-electron chi connectivity index (χ4n) is 4.87. The van der Waals surface area contributed by atoms with Crippen LogP contribution < -0.4 is 10.2 Å². The summed E-state index contributed by atoms with van der Waals surface area (Å²) in [5.74, 6) is -2.51. The molecule has 0 saturated heterocycles. The number of carboxylic acids is 1. The Kier molecular flexibility index (Phi) is 13.5. The van der Waals surface area contributed by atoms with E-state index in [0.717, 1.165) is 43.1 Å². The Hall–Kier alpha value is -4.07. The van der Waals surface area contributed by atoms with Gasteiger partial charge >= 0.3 is 18.2 Å². The number of nitrogens with zero attached hydrogens (tertiary/aromatic N) is 3. The number of carbonyl (C=O) groups excluding carboxylic acids is 2. The number of alkyl halides is 3. The van der Waals surface area contributed by atoms with Gasteiger partial charge in [-0.25, -0.2) is 19.5 Å². The zero-order valence-corrected chi connectivity index (χ0v) is 26.7. The Morgan fingerprint density at radius 3 is 2.46 bits per heavy atom. The lowest BCUT2D eigenvalue weighted by Crippen LogP contribution is -2.44. The number of hydrogen-bond donors (Lipinski definition) is 2. The van der Waals surface area contributed by atoms with Crippen LogP contribution in [-0.2, 0) is 26.9 Å². The maximum absolute atomic E-state index is 15.1. The maximum atomic E-state index is 15.1. The molecule has 250 valence electrons. The summed E-state index contributed by atoms with van der Waals surface area (Å²) in [7, 11) is 0. The molecule has 3 rings (SSSR count). The topological polar surface area (TPSA) is 122 Å². The molecular weight excluding hydrogens is 628 g/mol. The number of aliphatic carboxylic acids is 1. The zero-order valence-electron chi connectivity index (χ0n) is 25.9. The lowest BCUT2D eigenvalue weighted by molar-refractivity contribution is -0.143. The first kappa shape index (κ1) is 36.4. The monoisotopic (exact) mass is 666 g/mol. The highest BCUT2D eigenvalue weighted by Gasteiger charge is 2.35. The van der Waals surface area contributed by atoms with E-state index in [4.69, 9.17) is 4.74 Å². The van der Waals surface area contributed by atoms with Gasteiger partial charge in [0.15, 0.2) is 0 Å². The van der Waals surface area contributed by atoms with Crippen molar-refractivity contribution >= 4 is 40.1 Å². The fraction of sp³-hybridized carbons (Fsp3) is 0.469. The molecule has 2 aromatic heterocycles. The standard InChI is InChI=1S/C32H38F4N4O5S/c1-4-5-6-7-8-9-11-22-13-14-24(18-25(22)32(34,35)36)40(30-39-27(28(33)46-30)23-12-10-16-37-19-23)31(44)45-17-15-20(2)26(29(42)43)38-21(3)41/h10,12-14,16,18-20,26H,4-9,11,15,17H2,1-3H3,(H,38,41)(H,42,43). The van der Waals surface area contributed by atoms with Gasteiger partial charge in [-0.3, -0.25) is 9.78 Å². The molecule has 14 heteroatoms.